The molecule has 2 aromatic heterocycles. The van der Waals surface area contributed by atoms with Gasteiger partial charge in [-0.1, -0.05) is 24.3 Å². The number of fused-ring (bicyclic) bond motifs is 2. The van der Waals surface area contributed by atoms with E-state index in [1.165, 1.54) is 18.5 Å². The number of hydrogen-bond acceptors (Lipinski definition) is 4. The predicted octanol–water partition coefficient (Wildman–Crippen LogP) is 6.16. The highest BCUT2D eigenvalue weighted by atomic mass is 79.9. The molecule has 3 heterocycles. The number of carbonyl (C=O) groups is 2. The van der Waals surface area contributed by atoms with Gasteiger partial charge in [0.25, 0.3) is 0 Å². The van der Waals surface area contributed by atoms with Crippen molar-refractivity contribution in [2.75, 3.05) is 13.2 Å². The molecule has 0 unspecified atom stereocenters. The normalized spacial score (nSPS) is 14.2. The Labute approximate surface area is 220 Å². The van der Waals surface area contributed by atoms with E-state index in [4.69, 9.17) is 4.74 Å². The Balaban J connectivity index is 0.000000179. The first-order valence-electron chi connectivity index (χ1n) is 11.1. The van der Waals surface area contributed by atoms with E-state index in [0.29, 0.717) is 23.7 Å². The summed E-state index contributed by atoms with van der Waals surface area (Å²) >= 11 is 2.77. The van der Waals surface area contributed by atoms with Gasteiger partial charge in [-0.25, -0.2) is 17.6 Å². The Bertz CT molecular complexity index is 1710. The maximum atomic E-state index is 14.8. The van der Waals surface area contributed by atoms with Crippen LogP contribution < -0.4 is 0 Å². The minimum absolute atomic E-state index is 0.0662. The van der Waals surface area contributed by atoms with Crippen molar-refractivity contribution in [2.24, 2.45) is 0 Å². The zero-order valence-corrected chi connectivity index (χ0v) is 20.8. The van der Waals surface area contributed by atoms with E-state index >= 15 is 0 Å². The number of H-pyrrole nitrogens is 2. The molecule has 194 valence electrons. The van der Waals surface area contributed by atoms with Crippen LogP contribution in [-0.2, 0) is 10.3 Å². The van der Waals surface area contributed by atoms with E-state index in [2.05, 4.69) is 25.9 Å². The van der Waals surface area contributed by atoms with E-state index in [1.807, 2.05) is 0 Å². The molecule has 1 aliphatic rings. The predicted molar refractivity (Wildman–Crippen MR) is 135 cm³/mol. The van der Waals surface area contributed by atoms with Crippen LogP contribution in [0.3, 0.4) is 0 Å². The first kappa shape index (κ1) is 25.8. The average Bonchev–Trinajstić information content (AvgIpc) is 3.50. The number of ether oxygens (including phenoxy) is 1. The van der Waals surface area contributed by atoms with Crippen molar-refractivity contribution in [3.63, 3.8) is 0 Å². The van der Waals surface area contributed by atoms with Gasteiger partial charge in [0.05, 0.1) is 34.3 Å². The lowest BCUT2D eigenvalue weighted by molar-refractivity contribution is -0.184. The standard InChI is InChI=1S/C18H13F2NO3.C9H4BrF2NO/c19-13-5-14-16(11(7-22)6-21-14)17(20)15(13)10-1-3-12(4-2-10)18(23)8-24-9-18;10-8-5(11)1-6-7(9(8)12)4(3-14)2-13-6/h1-7,21,23H,8-9H2;1-3,13H. The van der Waals surface area contributed by atoms with Gasteiger partial charge in [0.2, 0.25) is 0 Å². The monoisotopic (exact) mass is 588 g/mol. The van der Waals surface area contributed by atoms with Gasteiger partial charge in [-0.3, -0.25) is 9.59 Å². The highest BCUT2D eigenvalue weighted by Crippen LogP contribution is 2.35. The van der Waals surface area contributed by atoms with Crippen molar-refractivity contribution in [2.45, 2.75) is 5.60 Å². The number of aromatic amines is 2. The van der Waals surface area contributed by atoms with Crippen LogP contribution in [0, 0.1) is 23.3 Å². The molecule has 6 rings (SSSR count). The summed E-state index contributed by atoms with van der Waals surface area (Å²) < 4.78 is 60.4. The third kappa shape index (κ3) is 4.22. The third-order valence-electron chi connectivity index (χ3n) is 6.37. The molecule has 0 atom stereocenters. The Morgan fingerprint density at radius 2 is 1.37 bits per heavy atom. The van der Waals surface area contributed by atoms with Gasteiger partial charge in [0, 0.05) is 34.3 Å². The fraction of sp³-hybridized carbons (Fsp3) is 0.111. The van der Waals surface area contributed by atoms with Crippen molar-refractivity contribution >= 4 is 50.3 Å². The van der Waals surface area contributed by atoms with Crippen LogP contribution in [0.1, 0.15) is 26.3 Å². The SMILES string of the molecule is O=Cc1c[nH]c2cc(F)c(-c3ccc(C4(O)COC4)cc3)c(F)c12.O=Cc1c[nH]c2cc(F)c(Br)c(F)c12. The number of carbonyl (C=O) groups excluding carboxylic acids is 2. The molecule has 0 bridgehead atoms. The maximum absolute atomic E-state index is 14.8. The van der Waals surface area contributed by atoms with Crippen molar-refractivity contribution in [3.05, 3.63) is 93.2 Å². The van der Waals surface area contributed by atoms with Gasteiger partial charge < -0.3 is 19.8 Å². The zero-order valence-electron chi connectivity index (χ0n) is 19.2. The summed E-state index contributed by atoms with van der Waals surface area (Å²) in [5.74, 6) is -2.97. The van der Waals surface area contributed by atoms with Crippen molar-refractivity contribution in [1.29, 1.82) is 0 Å². The number of rotatable bonds is 4. The molecule has 0 radical (unpaired) electrons. The maximum Gasteiger partial charge on any atom is 0.152 e. The molecule has 3 N–H and O–H groups in total. The molecule has 0 saturated carbocycles. The fourth-order valence-corrected chi connectivity index (χ4v) is 4.63. The first-order chi connectivity index (χ1) is 18.2. The highest BCUT2D eigenvalue weighted by Gasteiger charge is 2.37. The van der Waals surface area contributed by atoms with E-state index in [0.717, 1.165) is 6.07 Å². The fourth-order valence-electron chi connectivity index (χ4n) is 4.32. The highest BCUT2D eigenvalue weighted by molar-refractivity contribution is 9.10. The third-order valence-corrected chi connectivity index (χ3v) is 7.10. The summed E-state index contributed by atoms with van der Waals surface area (Å²) in [6.45, 7) is 0.403. The average molecular weight is 589 g/mol. The largest absolute Gasteiger partial charge is 0.380 e. The minimum Gasteiger partial charge on any atom is -0.380 e. The Hall–Kier alpha value is -3.80. The van der Waals surface area contributed by atoms with Crippen LogP contribution in [0.4, 0.5) is 17.6 Å². The molecule has 1 saturated heterocycles. The van der Waals surface area contributed by atoms with Gasteiger partial charge in [0.15, 0.2) is 12.6 Å². The molecule has 1 fully saturated rings. The van der Waals surface area contributed by atoms with Gasteiger partial charge >= 0.3 is 0 Å². The van der Waals surface area contributed by atoms with E-state index in [1.54, 1.807) is 24.3 Å². The lowest BCUT2D eigenvalue weighted by Crippen LogP contribution is -2.46. The molecule has 0 spiro atoms. The molecular weight excluding hydrogens is 572 g/mol. The quantitative estimate of drug-likeness (QED) is 0.133. The minimum atomic E-state index is -1.04. The second kappa shape index (κ2) is 9.82. The number of aromatic nitrogens is 2. The Morgan fingerprint density at radius 3 is 1.87 bits per heavy atom. The van der Waals surface area contributed by atoms with Gasteiger partial charge in [-0.2, -0.15) is 0 Å². The summed E-state index contributed by atoms with van der Waals surface area (Å²) in [4.78, 5) is 26.9. The Morgan fingerprint density at radius 1 is 0.842 bits per heavy atom. The number of aldehydes is 2. The van der Waals surface area contributed by atoms with Crippen LogP contribution in [0.15, 0.2) is 53.3 Å². The summed E-state index contributed by atoms with van der Waals surface area (Å²) in [6.07, 6.45) is 3.73. The van der Waals surface area contributed by atoms with Crippen molar-refractivity contribution in [1.82, 2.24) is 9.97 Å². The van der Waals surface area contributed by atoms with Crippen LogP contribution in [-0.4, -0.2) is 40.9 Å². The summed E-state index contributed by atoms with van der Waals surface area (Å²) in [5.41, 5.74) is 0.546. The molecule has 11 heteroatoms. The summed E-state index contributed by atoms with van der Waals surface area (Å²) in [7, 11) is 0. The van der Waals surface area contributed by atoms with E-state index in [-0.39, 0.29) is 56.2 Å². The van der Waals surface area contributed by atoms with E-state index in [9.17, 15) is 32.3 Å². The van der Waals surface area contributed by atoms with Crippen molar-refractivity contribution < 1.29 is 37.0 Å². The number of halogens is 5. The molecule has 0 aliphatic carbocycles. The van der Waals surface area contributed by atoms with Gasteiger partial charge in [-0.15, -0.1) is 0 Å². The zero-order chi connectivity index (χ0) is 27.2. The lowest BCUT2D eigenvalue weighted by atomic mass is 9.90. The molecule has 38 heavy (non-hydrogen) atoms. The first-order valence-corrected chi connectivity index (χ1v) is 11.9. The molecule has 0 amide bonds. The summed E-state index contributed by atoms with van der Waals surface area (Å²) in [6, 6.07) is 8.65. The van der Waals surface area contributed by atoms with Crippen LogP contribution in [0.2, 0.25) is 0 Å². The number of hydrogen-bond donors (Lipinski definition) is 3. The smallest absolute Gasteiger partial charge is 0.152 e. The topological polar surface area (TPSA) is 95.2 Å². The van der Waals surface area contributed by atoms with Crippen molar-refractivity contribution in [3.8, 4) is 11.1 Å². The van der Waals surface area contributed by atoms with Crippen LogP contribution >= 0.6 is 15.9 Å². The van der Waals surface area contributed by atoms with Crippen LogP contribution in [0.5, 0.6) is 0 Å². The number of aliphatic hydroxyl groups is 1. The Kier molecular flexibility index (Phi) is 6.68. The number of nitrogens with one attached hydrogen (secondary N) is 2. The molecule has 5 aromatic rings. The molecule has 1 aliphatic heterocycles. The lowest BCUT2D eigenvalue weighted by Gasteiger charge is -2.36. The number of benzene rings is 3. The molecule has 3 aromatic carbocycles. The summed E-state index contributed by atoms with van der Waals surface area (Å²) in [5, 5.41) is 10.4. The van der Waals surface area contributed by atoms with Gasteiger partial charge in [0.1, 0.15) is 28.9 Å². The second-order valence-electron chi connectivity index (χ2n) is 8.70. The molecular formula is C27H17BrF4N2O4. The molecule has 6 nitrogen and oxygen atoms in total. The second-order valence-corrected chi connectivity index (χ2v) is 9.50. The van der Waals surface area contributed by atoms with E-state index < -0.39 is 28.9 Å². The van der Waals surface area contributed by atoms with Gasteiger partial charge in [-0.05, 0) is 39.2 Å². The van der Waals surface area contributed by atoms with Crippen LogP contribution in [0.25, 0.3) is 32.9 Å².